The molecule has 0 N–H and O–H groups in total. The molecule has 0 spiro atoms. The van der Waals surface area contributed by atoms with E-state index in [1.165, 1.54) is 13.2 Å². The lowest BCUT2D eigenvalue weighted by molar-refractivity contribution is -0.127. The van der Waals surface area contributed by atoms with Crippen LogP contribution in [0.25, 0.3) is 6.08 Å². The molecule has 1 aliphatic heterocycles. The molecule has 0 atom stereocenters. The number of methoxy groups -OCH3 is 2. The van der Waals surface area contributed by atoms with Gasteiger partial charge in [-0.15, -0.1) is 0 Å². The minimum atomic E-state index is -0.0929. The number of ether oxygens (including phenoxy) is 2. The molecule has 1 fully saturated rings. The molecule has 142 valence electrons. The van der Waals surface area contributed by atoms with E-state index in [1.807, 2.05) is 0 Å². The second kappa shape index (κ2) is 8.44. The first kappa shape index (κ1) is 18.6. The van der Waals surface area contributed by atoms with Crippen LogP contribution in [0.5, 0.6) is 11.5 Å². The maximum Gasteiger partial charge on any atom is 0.254 e. The van der Waals surface area contributed by atoms with Crippen LogP contribution in [0.2, 0.25) is 0 Å². The third kappa shape index (κ3) is 4.31. The number of rotatable bonds is 5. The van der Waals surface area contributed by atoms with Crippen molar-refractivity contribution in [3.8, 4) is 11.5 Å². The van der Waals surface area contributed by atoms with Crippen LogP contribution in [0.1, 0.15) is 16.1 Å². The first-order valence-corrected chi connectivity index (χ1v) is 8.64. The zero-order valence-electron chi connectivity index (χ0n) is 15.4. The van der Waals surface area contributed by atoms with Gasteiger partial charge in [0, 0.05) is 37.8 Å². The van der Waals surface area contributed by atoms with Gasteiger partial charge in [0.2, 0.25) is 5.91 Å². The van der Waals surface area contributed by atoms with E-state index in [1.54, 1.807) is 59.6 Å². The summed E-state index contributed by atoms with van der Waals surface area (Å²) in [4.78, 5) is 28.4. The molecule has 3 rings (SSSR count). The van der Waals surface area contributed by atoms with Crippen LogP contribution >= 0.6 is 0 Å². The molecule has 1 aromatic heterocycles. The van der Waals surface area contributed by atoms with Gasteiger partial charge < -0.3 is 23.7 Å². The highest BCUT2D eigenvalue weighted by molar-refractivity contribution is 5.95. The van der Waals surface area contributed by atoms with Gasteiger partial charge in [0.05, 0.1) is 20.5 Å². The lowest BCUT2D eigenvalue weighted by atomic mass is 10.1. The van der Waals surface area contributed by atoms with E-state index >= 15 is 0 Å². The summed E-state index contributed by atoms with van der Waals surface area (Å²) in [5, 5.41) is 0. The highest BCUT2D eigenvalue weighted by Gasteiger charge is 2.24. The number of nitrogens with zero attached hydrogens (tertiary/aromatic N) is 2. The SMILES string of the molecule is COc1ccc(C(=O)N2CCN(C(=O)/C=C/c3ccco3)CC2)cc1OC. The molecule has 1 saturated heterocycles. The van der Waals surface area contributed by atoms with Crippen LogP contribution in [-0.2, 0) is 4.79 Å². The Morgan fingerprint density at radius 3 is 2.33 bits per heavy atom. The van der Waals surface area contributed by atoms with Crippen molar-refractivity contribution in [2.45, 2.75) is 0 Å². The second-order valence-electron chi connectivity index (χ2n) is 6.04. The average molecular weight is 370 g/mol. The smallest absolute Gasteiger partial charge is 0.254 e. The van der Waals surface area contributed by atoms with Gasteiger partial charge in [-0.05, 0) is 36.4 Å². The van der Waals surface area contributed by atoms with Gasteiger partial charge in [0.25, 0.3) is 5.91 Å². The molecule has 2 amide bonds. The molecule has 7 heteroatoms. The predicted molar refractivity (Wildman–Crippen MR) is 99.8 cm³/mol. The first-order valence-electron chi connectivity index (χ1n) is 8.64. The maximum absolute atomic E-state index is 12.7. The van der Waals surface area contributed by atoms with Gasteiger partial charge in [-0.25, -0.2) is 0 Å². The number of furan rings is 1. The quantitative estimate of drug-likeness (QED) is 0.755. The first-order chi connectivity index (χ1) is 13.1. The van der Waals surface area contributed by atoms with E-state index in [4.69, 9.17) is 13.9 Å². The number of hydrogen-bond acceptors (Lipinski definition) is 5. The van der Waals surface area contributed by atoms with Crippen molar-refractivity contribution >= 4 is 17.9 Å². The largest absolute Gasteiger partial charge is 0.493 e. The van der Waals surface area contributed by atoms with E-state index < -0.39 is 0 Å². The Labute approximate surface area is 157 Å². The van der Waals surface area contributed by atoms with Gasteiger partial charge in [0.15, 0.2) is 11.5 Å². The molecular weight excluding hydrogens is 348 g/mol. The zero-order chi connectivity index (χ0) is 19.2. The number of carbonyl (C=O) groups excluding carboxylic acids is 2. The van der Waals surface area contributed by atoms with Crippen LogP contribution in [0, 0.1) is 0 Å². The van der Waals surface area contributed by atoms with Gasteiger partial charge >= 0.3 is 0 Å². The summed E-state index contributed by atoms with van der Waals surface area (Å²) in [6.45, 7) is 1.93. The molecule has 1 aromatic carbocycles. The summed E-state index contributed by atoms with van der Waals surface area (Å²) in [6, 6.07) is 8.65. The third-order valence-electron chi connectivity index (χ3n) is 4.44. The van der Waals surface area contributed by atoms with Crippen molar-refractivity contribution in [2.24, 2.45) is 0 Å². The van der Waals surface area contributed by atoms with Crippen molar-refractivity contribution in [3.05, 3.63) is 54.0 Å². The Kier molecular flexibility index (Phi) is 5.80. The Balaban J connectivity index is 1.58. The Morgan fingerprint density at radius 1 is 1.00 bits per heavy atom. The van der Waals surface area contributed by atoms with Gasteiger partial charge in [0.1, 0.15) is 5.76 Å². The molecule has 0 bridgehead atoms. The molecule has 2 heterocycles. The molecular formula is C20H22N2O5. The topological polar surface area (TPSA) is 72.2 Å². The van der Waals surface area contributed by atoms with E-state index in [9.17, 15) is 9.59 Å². The Morgan fingerprint density at radius 2 is 1.70 bits per heavy atom. The fourth-order valence-corrected chi connectivity index (χ4v) is 2.93. The predicted octanol–water partition coefficient (Wildman–Crippen LogP) is 2.29. The van der Waals surface area contributed by atoms with Crippen LogP contribution in [0.3, 0.4) is 0 Å². The minimum Gasteiger partial charge on any atom is -0.493 e. The van der Waals surface area contributed by atoms with E-state index in [0.717, 1.165) is 0 Å². The van der Waals surface area contributed by atoms with E-state index in [-0.39, 0.29) is 11.8 Å². The van der Waals surface area contributed by atoms with Gasteiger partial charge in [-0.3, -0.25) is 9.59 Å². The van der Waals surface area contributed by atoms with Crippen molar-refractivity contribution in [3.63, 3.8) is 0 Å². The summed E-state index contributed by atoms with van der Waals surface area (Å²) in [7, 11) is 3.09. The van der Waals surface area contributed by atoms with E-state index in [2.05, 4.69) is 0 Å². The minimum absolute atomic E-state index is 0.0887. The lowest BCUT2D eigenvalue weighted by Crippen LogP contribution is -2.50. The molecule has 7 nitrogen and oxygen atoms in total. The monoisotopic (exact) mass is 370 g/mol. The number of piperazine rings is 1. The second-order valence-corrected chi connectivity index (χ2v) is 6.04. The Bertz CT molecular complexity index is 821. The average Bonchev–Trinajstić information content (AvgIpc) is 3.24. The highest BCUT2D eigenvalue weighted by atomic mass is 16.5. The van der Waals surface area contributed by atoms with Crippen molar-refractivity contribution in [2.75, 3.05) is 40.4 Å². The van der Waals surface area contributed by atoms with Crippen LogP contribution in [-0.4, -0.2) is 62.0 Å². The van der Waals surface area contributed by atoms with Crippen LogP contribution in [0.15, 0.2) is 47.1 Å². The summed E-state index contributed by atoms with van der Waals surface area (Å²) in [6.07, 6.45) is 4.69. The zero-order valence-corrected chi connectivity index (χ0v) is 15.4. The number of carbonyl (C=O) groups is 2. The molecule has 1 aliphatic rings. The normalized spacial score (nSPS) is 14.4. The fourth-order valence-electron chi connectivity index (χ4n) is 2.93. The van der Waals surface area contributed by atoms with E-state index in [0.29, 0.717) is 49.0 Å². The number of benzene rings is 1. The molecule has 0 aliphatic carbocycles. The molecule has 0 saturated carbocycles. The standard InChI is InChI=1S/C20H22N2O5/c1-25-17-7-5-15(14-18(17)26-2)20(24)22-11-9-21(10-12-22)19(23)8-6-16-4-3-13-27-16/h3-8,13-14H,9-12H2,1-2H3/b8-6+. The molecule has 0 unspecified atom stereocenters. The lowest BCUT2D eigenvalue weighted by Gasteiger charge is -2.34. The molecule has 2 aromatic rings. The maximum atomic E-state index is 12.7. The van der Waals surface area contributed by atoms with Crippen LogP contribution in [0.4, 0.5) is 0 Å². The summed E-state index contributed by atoms with van der Waals surface area (Å²) < 4.78 is 15.6. The van der Waals surface area contributed by atoms with Crippen molar-refractivity contribution in [1.82, 2.24) is 9.80 Å². The summed E-state index contributed by atoms with van der Waals surface area (Å²) >= 11 is 0. The highest BCUT2D eigenvalue weighted by Crippen LogP contribution is 2.28. The van der Waals surface area contributed by atoms with Crippen LogP contribution < -0.4 is 9.47 Å². The summed E-state index contributed by atoms with van der Waals surface area (Å²) in [5.74, 6) is 1.54. The number of amides is 2. The fraction of sp³-hybridized carbons (Fsp3) is 0.300. The number of hydrogen-bond donors (Lipinski definition) is 0. The molecule has 27 heavy (non-hydrogen) atoms. The van der Waals surface area contributed by atoms with Gasteiger partial charge in [-0.2, -0.15) is 0 Å². The summed E-state index contributed by atoms with van der Waals surface area (Å²) in [5.41, 5.74) is 0.533. The van der Waals surface area contributed by atoms with Crippen molar-refractivity contribution in [1.29, 1.82) is 0 Å². The van der Waals surface area contributed by atoms with Crippen molar-refractivity contribution < 1.29 is 23.5 Å². The van der Waals surface area contributed by atoms with Gasteiger partial charge in [-0.1, -0.05) is 0 Å². The third-order valence-corrected chi connectivity index (χ3v) is 4.44. The Hall–Kier alpha value is -3.22. The molecule has 0 radical (unpaired) electrons.